The molecule has 0 amide bonds. The Morgan fingerprint density at radius 1 is 1.25 bits per heavy atom. The first-order valence-corrected chi connectivity index (χ1v) is 4.54. The number of para-hydroxylation sites is 1. The average Bonchev–Trinajstić information content (AvgIpc) is 2.88. The van der Waals surface area contributed by atoms with Crippen LogP contribution in [0.4, 0.5) is 0 Å². The van der Waals surface area contributed by atoms with Crippen LogP contribution < -0.4 is 4.74 Å². The summed E-state index contributed by atoms with van der Waals surface area (Å²) in [6.07, 6.45) is 2.40. The van der Waals surface area contributed by atoms with Crippen molar-refractivity contribution in [2.45, 2.75) is 12.8 Å². The second-order valence-corrected chi connectivity index (χ2v) is 3.41. The molecule has 1 aromatic carbocycles. The summed E-state index contributed by atoms with van der Waals surface area (Å²) in [4.78, 5) is 0. The molecule has 0 aliphatic heterocycles. The Bertz CT molecular complexity index is 277. The Morgan fingerprint density at radius 3 is 2.50 bits per heavy atom. The van der Waals surface area contributed by atoms with Crippen molar-refractivity contribution in [2.75, 3.05) is 0 Å². The number of benzene rings is 1. The summed E-state index contributed by atoms with van der Waals surface area (Å²) in [5.41, 5.74) is 0. The van der Waals surface area contributed by atoms with Crippen LogP contribution in [-0.4, -0.2) is 5.05 Å². The lowest BCUT2D eigenvalue weighted by atomic mass is 10.3. The second-order valence-electron chi connectivity index (χ2n) is 3.01. The van der Waals surface area contributed by atoms with Crippen molar-refractivity contribution in [1.29, 1.82) is 0 Å². The van der Waals surface area contributed by atoms with Crippen LogP contribution in [0.15, 0.2) is 30.3 Å². The average molecular weight is 178 g/mol. The third kappa shape index (κ3) is 1.83. The van der Waals surface area contributed by atoms with Gasteiger partial charge in [-0.3, -0.25) is 0 Å². The maximum atomic E-state index is 5.47. The first-order valence-electron chi connectivity index (χ1n) is 4.13. The lowest BCUT2D eigenvalue weighted by Crippen LogP contribution is -2.06. The monoisotopic (exact) mass is 178 g/mol. The van der Waals surface area contributed by atoms with Gasteiger partial charge in [0, 0.05) is 5.92 Å². The van der Waals surface area contributed by atoms with Gasteiger partial charge in [-0.15, -0.1) is 0 Å². The van der Waals surface area contributed by atoms with Crippen LogP contribution in [0.3, 0.4) is 0 Å². The summed E-state index contributed by atoms with van der Waals surface area (Å²) in [7, 11) is 0. The van der Waals surface area contributed by atoms with E-state index < -0.39 is 0 Å². The summed E-state index contributed by atoms with van der Waals surface area (Å²) in [6, 6.07) is 9.71. The van der Waals surface area contributed by atoms with Crippen molar-refractivity contribution >= 4 is 17.3 Å². The van der Waals surface area contributed by atoms with Gasteiger partial charge in [-0.25, -0.2) is 0 Å². The van der Waals surface area contributed by atoms with E-state index in [-0.39, 0.29) is 0 Å². The van der Waals surface area contributed by atoms with Gasteiger partial charge < -0.3 is 4.74 Å². The van der Waals surface area contributed by atoms with Crippen LogP contribution in [0, 0.1) is 5.92 Å². The Morgan fingerprint density at radius 2 is 1.92 bits per heavy atom. The van der Waals surface area contributed by atoms with E-state index in [0.717, 1.165) is 10.8 Å². The quantitative estimate of drug-likeness (QED) is 0.644. The van der Waals surface area contributed by atoms with E-state index in [1.807, 2.05) is 30.3 Å². The summed E-state index contributed by atoms with van der Waals surface area (Å²) >= 11 is 5.10. The van der Waals surface area contributed by atoms with E-state index in [4.69, 9.17) is 17.0 Å². The normalized spacial score (nSPS) is 15.7. The van der Waals surface area contributed by atoms with E-state index in [1.165, 1.54) is 12.8 Å². The van der Waals surface area contributed by atoms with Gasteiger partial charge in [0.2, 0.25) is 0 Å². The van der Waals surface area contributed by atoms with Gasteiger partial charge in [-0.05, 0) is 37.2 Å². The zero-order chi connectivity index (χ0) is 8.39. The number of rotatable bonds is 2. The minimum Gasteiger partial charge on any atom is -0.450 e. The van der Waals surface area contributed by atoms with Crippen LogP contribution in [0.5, 0.6) is 5.75 Å². The predicted molar refractivity (Wildman–Crippen MR) is 52.4 cm³/mol. The molecule has 2 rings (SSSR count). The van der Waals surface area contributed by atoms with Gasteiger partial charge >= 0.3 is 0 Å². The molecule has 1 nitrogen and oxygen atoms in total. The van der Waals surface area contributed by atoms with E-state index in [2.05, 4.69) is 0 Å². The summed E-state index contributed by atoms with van der Waals surface area (Å²) in [5, 5.41) is 0.751. The lowest BCUT2D eigenvalue weighted by molar-refractivity contribution is 0.543. The maximum Gasteiger partial charge on any atom is 0.170 e. The van der Waals surface area contributed by atoms with Crippen molar-refractivity contribution < 1.29 is 4.74 Å². The van der Waals surface area contributed by atoms with E-state index in [9.17, 15) is 0 Å². The van der Waals surface area contributed by atoms with Crippen LogP contribution in [0.1, 0.15) is 12.8 Å². The highest BCUT2D eigenvalue weighted by Crippen LogP contribution is 2.31. The molecule has 0 unspecified atom stereocenters. The zero-order valence-corrected chi connectivity index (χ0v) is 7.51. The Balaban J connectivity index is 1.98. The lowest BCUT2D eigenvalue weighted by Gasteiger charge is -2.04. The van der Waals surface area contributed by atoms with E-state index >= 15 is 0 Å². The zero-order valence-electron chi connectivity index (χ0n) is 6.69. The first kappa shape index (κ1) is 7.74. The van der Waals surface area contributed by atoms with Crippen molar-refractivity contribution in [2.24, 2.45) is 5.92 Å². The van der Waals surface area contributed by atoms with Gasteiger partial charge in [0.25, 0.3) is 0 Å². The topological polar surface area (TPSA) is 9.23 Å². The van der Waals surface area contributed by atoms with Crippen molar-refractivity contribution in [3.8, 4) is 5.75 Å². The molecule has 0 saturated heterocycles. The van der Waals surface area contributed by atoms with E-state index in [1.54, 1.807) is 0 Å². The third-order valence-electron chi connectivity index (χ3n) is 1.87. The van der Waals surface area contributed by atoms with Gasteiger partial charge in [-0.2, -0.15) is 0 Å². The van der Waals surface area contributed by atoms with Gasteiger partial charge in [0.15, 0.2) is 5.05 Å². The molecular weight excluding hydrogens is 168 g/mol. The van der Waals surface area contributed by atoms with Crippen molar-refractivity contribution in [3.05, 3.63) is 30.3 Å². The van der Waals surface area contributed by atoms with Crippen molar-refractivity contribution in [3.63, 3.8) is 0 Å². The molecule has 1 aliphatic carbocycles. The molecule has 0 aromatic heterocycles. The highest BCUT2D eigenvalue weighted by Gasteiger charge is 2.27. The molecule has 0 radical (unpaired) electrons. The molecule has 0 atom stereocenters. The molecule has 1 aromatic rings. The SMILES string of the molecule is S=C(Oc1ccccc1)C1CC1. The molecule has 1 saturated carbocycles. The molecular formula is C10H10OS. The molecule has 0 spiro atoms. The Labute approximate surface area is 77.4 Å². The van der Waals surface area contributed by atoms with Gasteiger partial charge in [0.1, 0.15) is 5.75 Å². The fourth-order valence-corrected chi connectivity index (χ4v) is 1.34. The third-order valence-corrected chi connectivity index (χ3v) is 2.29. The molecule has 12 heavy (non-hydrogen) atoms. The molecule has 0 bridgehead atoms. The highest BCUT2D eigenvalue weighted by atomic mass is 32.1. The fourth-order valence-electron chi connectivity index (χ4n) is 1.01. The molecule has 1 aliphatic rings. The first-order chi connectivity index (χ1) is 5.86. The summed E-state index contributed by atoms with van der Waals surface area (Å²) in [6.45, 7) is 0. The Kier molecular flexibility index (Phi) is 2.09. The van der Waals surface area contributed by atoms with Crippen LogP contribution >= 0.6 is 12.2 Å². The molecule has 2 heteroatoms. The van der Waals surface area contributed by atoms with Crippen LogP contribution in [0.2, 0.25) is 0 Å². The van der Waals surface area contributed by atoms with Gasteiger partial charge in [0.05, 0.1) is 0 Å². The largest absolute Gasteiger partial charge is 0.450 e. The molecule has 62 valence electrons. The number of thiocarbonyl (C=S) groups is 1. The second kappa shape index (κ2) is 3.23. The minimum atomic E-state index is 0.542. The Hall–Kier alpha value is -0.890. The predicted octanol–water partition coefficient (Wildman–Crippen LogP) is 2.80. The summed E-state index contributed by atoms with van der Waals surface area (Å²) < 4.78 is 5.47. The van der Waals surface area contributed by atoms with Crippen molar-refractivity contribution in [1.82, 2.24) is 0 Å². The fraction of sp³-hybridized carbons (Fsp3) is 0.300. The number of ether oxygens (including phenoxy) is 1. The standard InChI is InChI=1S/C10H10OS/c12-10(8-6-7-8)11-9-4-2-1-3-5-9/h1-5,8H,6-7H2. The molecule has 0 N–H and O–H groups in total. The van der Waals surface area contributed by atoms with Crippen LogP contribution in [-0.2, 0) is 0 Å². The van der Waals surface area contributed by atoms with E-state index in [0.29, 0.717) is 5.92 Å². The van der Waals surface area contributed by atoms with Crippen LogP contribution in [0.25, 0.3) is 0 Å². The smallest absolute Gasteiger partial charge is 0.170 e. The van der Waals surface area contributed by atoms with Gasteiger partial charge in [-0.1, -0.05) is 18.2 Å². The summed E-state index contributed by atoms with van der Waals surface area (Å²) in [5.74, 6) is 1.40. The molecule has 0 heterocycles. The number of hydrogen-bond acceptors (Lipinski definition) is 2. The maximum absolute atomic E-state index is 5.47. The molecule has 1 fully saturated rings. The minimum absolute atomic E-state index is 0.542. The highest BCUT2D eigenvalue weighted by molar-refractivity contribution is 7.80. The number of hydrogen-bond donors (Lipinski definition) is 0.